The SMILES string of the molecule is Cc1ccc(N2CCC(c3c[nH]c4ncccc34)CC2)c([N+](=O)[O-])c1. The quantitative estimate of drug-likeness (QED) is 0.575. The van der Waals surface area contributed by atoms with Gasteiger partial charge in [-0.25, -0.2) is 4.98 Å². The third-order valence-corrected chi connectivity index (χ3v) is 5.09. The predicted octanol–water partition coefficient (Wildman–Crippen LogP) is 4.16. The number of aromatic nitrogens is 2. The molecule has 0 bridgehead atoms. The number of anilines is 1. The Morgan fingerprint density at radius 1 is 1.28 bits per heavy atom. The van der Waals surface area contributed by atoms with Gasteiger partial charge in [0.05, 0.1) is 4.92 Å². The van der Waals surface area contributed by atoms with Crippen LogP contribution in [0.4, 0.5) is 11.4 Å². The number of nitrogens with zero attached hydrogens (tertiary/aromatic N) is 3. The zero-order valence-electron chi connectivity index (χ0n) is 14.1. The first-order valence-corrected chi connectivity index (χ1v) is 8.55. The Labute approximate surface area is 145 Å². The summed E-state index contributed by atoms with van der Waals surface area (Å²) in [5.74, 6) is 0.457. The molecule has 0 amide bonds. The molecule has 1 aromatic carbocycles. The first-order chi connectivity index (χ1) is 12.1. The Hall–Kier alpha value is -2.89. The average Bonchev–Trinajstić information content (AvgIpc) is 3.06. The van der Waals surface area contributed by atoms with Crippen molar-refractivity contribution in [2.75, 3.05) is 18.0 Å². The lowest BCUT2D eigenvalue weighted by atomic mass is 9.89. The molecule has 1 fully saturated rings. The highest BCUT2D eigenvalue weighted by Gasteiger charge is 2.26. The predicted molar refractivity (Wildman–Crippen MR) is 98.1 cm³/mol. The van der Waals surface area contributed by atoms with Crippen LogP contribution < -0.4 is 4.90 Å². The summed E-state index contributed by atoms with van der Waals surface area (Å²) >= 11 is 0. The number of fused-ring (bicyclic) bond motifs is 1. The molecule has 1 aliphatic heterocycles. The highest BCUT2D eigenvalue weighted by molar-refractivity contribution is 5.80. The van der Waals surface area contributed by atoms with Gasteiger partial charge in [0.25, 0.3) is 5.69 Å². The zero-order chi connectivity index (χ0) is 17.4. The molecule has 0 saturated carbocycles. The van der Waals surface area contributed by atoms with E-state index in [1.54, 1.807) is 12.3 Å². The molecule has 0 unspecified atom stereocenters. The van der Waals surface area contributed by atoms with Crippen LogP contribution in [0.1, 0.15) is 29.9 Å². The first-order valence-electron chi connectivity index (χ1n) is 8.55. The lowest BCUT2D eigenvalue weighted by molar-refractivity contribution is -0.384. The summed E-state index contributed by atoms with van der Waals surface area (Å²) in [6.45, 7) is 3.52. The van der Waals surface area contributed by atoms with Crippen molar-refractivity contribution in [2.24, 2.45) is 0 Å². The topological polar surface area (TPSA) is 75.1 Å². The highest BCUT2D eigenvalue weighted by Crippen LogP contribution is 2.36. The number of benzene rings is 1. The number of aryl methyl sites for hydroxylation is 1. The molecule has 1 aliphatic rings. The summed E-state index contributed by atoms with van der Waals surface area (Å²) in [6.07, 6.45) is 5.81. The number of rotatable bonds is 3. The molecule has 0 aliphatic carbocycles. The monoisotopic (exact) mass is 336 g/mol. The summed E-state index contributed by atoms with van der Waals surface area (Å²) in [6, 6.07) is 9.55. The Morgan fingerprint density at radius 2 is 2.08 bits per heavy atom. The first kappa shape index (κ1) is 15.6. The van der Waals surface area contributed by atoms with E-state index < -0.39 is 0 Å². The maximum Gasteiger partial charge on any atom is 0.292 e. The summed E-state index contributed by atoms with van der Waals surface area (Å²) in [5, 5.41) is 12.6. The molecule has 1 N–H and O–H groups in total. The molecule has 4 rings (SSSR count). The van der Waals surface area contributed by atoms with Gasteiger partial charge in [0.2, 0.25) is 0 Å². The highest BCUT2D eigenvalue weighted by atomic mass is 16.6. The van der Waals surface area contributed by atoms with Crippen LogP contribution in [0.15, 0.2) is 42.7 Å². The summed E-state index contributed by atoms with van der Waals surface area (Å²) in [4.78, 5) is 20.8. The molecule has 0 atom stereocenters. The number of hydrogen-bond acceptors (Lipinski definition) is 4. The van der Waals surface area contributed by atoms with E-state index in [9.17, 15) is 10.1 Å². The Kier molecular flexibility index (Phi) is 3.87. The number of pyridine rings is 1. The van der Waals surface area contributed by atoms with Gasteiger partial charge in [-0.1, -0.05) is 6.07 Å². The number of H-pyrrole nitrogens is 1. The van der Waals surface area contributed by atoms with Gasteiger partial charge in [-0.05, 0) is 55.0 Å². The van der Waals surface area contributed by atoms with Crippen molar-refractivity contribution in [1.29, 1.82) is 0 Å². The summed E-state index contributed by atoms with van der Waals surface area (Å²) in [7, 11) is 0. The van der Waals surface area contributed by atoms with Crippen LogP contribution in [-0.2, 0) is 0 Å². The summed E-state index contributed by atoms with van der Waals surface area (Å²) in [5.41, 5.74) is 4.08. The smallest absolute Gasteiger partial charge is 0.292 e. The Bertz CT molecular complexity index is 926. The molecule has 6 heteroatoms. The normalized spacial score (nSPS) is 15.6. The van der Waals surface area contributed by atoms with Gasteiger partial charge in [-0.15, -0.1) is 0 Å². The van der Waals surface area contributed by atoms with Crippen LogP contribution in [0.5, 0.6) is 0 Å². The lowest BCUT2D eigenvalue weighted by Gasteiger charge is -2.33. The molecule has 25 heavy (non-hydrogen) atoms. The molecule has 128 valence electrons. The largest absolute Gasteiger partial charge is 0.366 e. The molecule has 3 heterocycles. The van der Waals surface area contributed by atoms with Crippen LogP contribution in [-0.4, -0.2) is 28.0 Å². The molecule has 1 saturated heterocycles. The molecular formula is C19H20N4O2. The van der Waals surface area contributed by atoms with Crippen molar-refractivity contribution < 1.29 is 4.92 Å². The van der Waals surface area contributed by atoms with E-state index in [1.807, 2.05) is 25.1 Å². The second-order valence-electron chi connectivity index (χ2n) is 6.65. The number of nitro groups is 1. The third kappa shape index (κ3) is 2.84. The minimum Gasteiger partial charge on any atom is -0.366 e. The van der Waals surface area contributed by atoms with Gasteiger partial charge in [-0.3, -0.25) is 10.1 Å². The molecule has 0 radical (unpaired) electrons. The van der Waals surface area contributed by atoms with Crippen molar-refractivity contribution in [3.63, 3.8) is 0 Å². The minimum absolute atomic E-state index is 0.203. The Morgan fingerprint density at radius 3 is 2.84 bits per heavy atom. The third-order valence-electron chi connectivity index (χ3n) is 5.09. The van der Waals surface area contributed by atoms with Crippen LogP contribution in [0.2, 0.25) is 0 Å². The van der Waals surface area contributed by atoms with Gasteiger partial charge in [0, 0.05) is 36.9 Å². The Balaban J connectivity index is 1.55. The van der Waals surface area contributed by atoms with Crippen molar-refractivity contribution in [3.8, 4) is 0 Å². The standard InChI is InChI=1S/C19H20N4O2/c1-13-4-5-17(18(11-13)23(24)25)22-9-6-14(7-10-22)16-12-21-19-15(16)3-2-8-20-19/h2-5,8,11-12,14H,6-7,9-10H2,1H3,(H,20,21). The fourth-order valence-corrected chi connectivity index (χ4v) is 3.79. The van der Waals surface area contributed by atoms with Crippen LogP contribution >= 0.6 is 0 Å². The van der Waals surface area contributed by atoms with Gasteiger partial charge < -0.3 is 9.88 Å². The van der Waals surface area contributed by atoms with E-state index in [2.05, 4.69) is 27.1 Å². The van der Waals surface area contributed by atoms with Crippen LogP contribution in [0.3, 0.4) is 0 Å². The maximum absolute atomic E-state index is 11.4. The van der Waals surface area contributed by atoms with Crippen LogP contribution in [0, 0.1) is 17.0 Å². The van der Waals surface area contributed by atoms with Crippen molar-refractivity contribution in [1.82, 2.24) is 9.97 Å². The zero-order valence-corrected chi connectivity index (χ0v) is 14.1. The molecule has 3 aromatic rings. The average molecular weight is 336 g/mol. The van der Waals surface area contributed by atoms with E-state index in [1.165, 1.54) is 10.9 Å². The number of piperidine rings is 1. The molecule has 2 aromatic heterocycles. The number of nitro benzene ring substituents is 1. The lowest BCUT2D eigenvalue weighted by Crippen LogP contribution is -2.33. The van der Waals surface area contributed by atoms with E-state index in [4.69, 9.17) is 0 Å². The van der Waals surface area contributed by atoms with Crippen molar-refractivity contribution in [3.05, 3.63) is 64.0 Å². The fourth-order valence-electron chi connectivity index (χ4n) is 3.79. The molecular weight excluding hydrogens is 316 g/mol. The maximum atomic E-state index is 11.4. The minimum atomic E-state index is -0.278. The van der Waals surface area contributed by atoms with Crippen molar-refractivity contribution >= 4 is 22.4 Å². The number of aromatic amines is 1. The number of nitrogens with one attached hydrogen (secondary N) is 1. The second-order valence-corrected chi connectivity index (χ2v) is 6.65. The van der Waals surface area contributed by atoms with E-state index in [0.717, 1.165) is 42.8 Å². The van der Waals surface area contributed by atoms with Gasteiger partial charge in [-0.2, -0.15) is 0 Å². The van der Waals surface area contributed by atoms with Crippen molar-refractivity contribution in [2.45, 2.75) is 25.7 Å². The van der Waals surface area contributed by atoms with Gasteiger partial charge >= 0.3 is 0 Å². The van der Waals surface area contributed by atoms with E-state index in [-0.39, 0.29) is 10.6 Å². The molecule has 0 spiro atoms. The van der Waals surface area contributed by atoms with Gasteiger partial charge in [0.1, 0.15) is 11.3 Å². The van der Waals surface area contributed by atoms with Crippen LogP contribution in [0.25, 0.3) is 11.0 Å². The number of hydrogen-bond donors (Lipinski definition) is 1. The van der Waals surface area contributed by atoms with E-state index in [0.29, 0.717) is 5.92 Å². The fraction of sp³-hybridized carbons (Fsp3) is 0.316. The van der Waals surface area contributed by atoms with Gasteiger partial charge in [0.15, 0.2) is 0 Å². The second kappa shape index (κ2) is 6.20. The molecule has 6 nitrogen and oxygen atoms in total. The van der Waals surface area contributed by atoms with E-state index >= 15 is 0 Å². The summed E-state index contributed by atoms with van der Waals surface area (Å²) < 4.78 is 0.